The van der Waals surface area contributed by atoms with Gasteiger partial charge in [-0.05, 0) is 32.0 Å². The first-order valence-corrected chi connectivity index (χ1v) is 7.09. The molecule has 0 saturated carbocycles. The summed E-state index contributed by atoms with van der Waals surface area (Å²) >= 11 is 0. The number of carbonyl (C=O) groups excluding carboxylic acids is 1. The van der Waals surface area contributed by atoms with E-state index in [-0.39, 0.29) is 0 Å². The van der Waals surface area contributed by atoms with Crippen LogP contribution in [0.5, 0.6) is 0 Å². The Hall–Kier alpha value is -1.57. The normalized spacial score (nSPS) is 12.6. The monoisotopic (exact) mass is 310 g/mol. The van der Waals surface area contributed by atoms with E-state index >= 15 is 0 Å². The maximum Gasteiger partial charge on any atom is 0.416 e. The quantitative estimate of drug-likeness (QED) is 0.805. The molecule has 4 nitrogen and oxygen atoms in total. The van der Waals surface area contributed by atoms with E-state index in [9.17, 15) is 26.4 Å². The third-order valence-corrected chi connectivity index (χ3v) is 4.74. The van der Waals surface area contributed by atoms with Crippen molar-refractivity contribution >= 4 is 15.8 Å². The van der Waals surface area contributed by atoms with E-state index in [1.54, 1.807) is 0 Å². The molecule has 0 aromatic heterocycles. The van der Waals surface area contributed by atoms with Gasteiger partial charge in [0.05, 0.1) is 28.4 Å². The Morgan fingerprint density at radius 1 is 1.20 bits per heavy atom. The van der Waals surface area contributed by atoms with Crippen LogP contribution in [-0.2, 0) is 20.8 Å². The summed E-state index contributed by atoms with van der Waals surface area (Å²) in [4.78, 5) is 10.8. The van der Waals surface area contributed by atoms with Crippen molar-refractivity contribution in [2.45, 2.75) is 30.2 Å². The molecule has 112 valence electrons. The number of esters is 1. The van der Waals surface area contributed by atoms with E-state index < -0.39 is 43.3 Å². The third kappa shape index (κ3) is 3.30. The van der Waals surface area contributed by atoms with Crippen LogP contribution in [-0.4, -0.2) is 26.7 Å². The minimum Gasteiger partial charge on any atom is -0.465 e. The molecule has 0 aliphatic rings. The number of ether oxygens (including phenoxy) is 1. The highest BCUT2D eigenvalue weighted by atomic mass is 32.2. The Labute approximate surface area is 114 Å². The Morgan fingerprint density at radius 3 is 2.15 bits per heavy atom. The fraction of sp³-hybridized carbons (Fsp3) is 0.417. The zero-order valence-corrected chi connectivity index (χ0v) is 11.8. The predicted molar refractivity (Wildman–Crippen MR) is 65.1 cm³/mol. The van der Waals surface area contributed by atoms with Crippen molar-refractivity contribution in [1.29, 1.82) is 0 Å². The van der Waals surface area contributed by atoms with Gasteiger partial charge in [-0.1, -0.05) is 0 Å². The number of halogens is 3. The largest absolute Gasteiger partial charge is 0.465 e. The van der Waals surface area contributed by atoms with Gasteiger partial charge in [-0.3, -0.25) is 0 Å². The SMILES string of the molecule is COC(=O)c1cc(C(F)(F)F)cc(S(=O)(=O)C(C)C)c1. The van der Waals surface area contributed by atoms with Gasteiger partial charge in [-0.15, -0.1) is 0 Å². The van der Waals surface area contributed by atoms with Gasteiger partial charge < -0.3 is 4.74 Å². The van der Waals surface area contributed by atoms with Crippen LogP contribution >= 0.6 is 0 Å². The summed E-state index contributed by atoms with van der Waals surface area (Å²) in [5.74, 6) is -1.03. The van der Waals surface area contributed by atoms with Crippen molar-refractivity contribution in [3.8, 4) is 0 Å². The number of hydrogen-bond acceptors (Lipinski definition) is 4. The molecule has 0 aliphatic carbocycles. The van der Waals surface area contributed by atoms with Gasteiger partial charge in [0, 0.05) is 0 Å². The van der Waals surface area contributed by atoms with E-state index in [4.69, 9.17) is 0 Å². The number of rotatable bonds is 3. The summed E-state index contributed by atoms with van der Waals surface area (Å²) in [6, 6.07) is 1.96. The summed E-state index contributed by atoms with van der Waals surface area (Å²) in [6.45, 7) is 2.68. The number of sulfone groups is 1. The molecule has 0 radical (unpaired) electrons. The second-order valence-electron chi connectivity index (χ2n) is 4.33. The lowest BCUT2D eigenvalue weighted by Gasteiger charge is -2.13. The molecular weight excluding hydrogens is 297 g/mol. The number of hydrogen-bond donors (Lipinski definition) is 0. The molecule has 1 aromatic rings. The highest BCUT2D eigenvalue weighted by Gasteiger charge is 2.34. The maximum absolute atomic E-state index is 12.8. The van der Waals surface area contributed by atoms with Crippen molar-refractivity contribution in [2.75, 3.05) is 7.11 Å². The number of methoxy groups -OCH3 is 1. The van der Waals surface area contributed by atoms with Gasteiger partial charge in [-0.25, -0.2) is 13.2 Å². The molecule has 0 fully saturated rings. The van der Waals surface area contributed by atoms with Crippen LogP contribution in [0.1, 0.15) is 29.8 Å². The fourth-order valence-corrected chi connectivity index (χ4v) is 2.56. The minimum absolute atomic E-state index is 0.457. The van der Waals surface area contributed by atoms with E-state index in [1.165, 1.54) is 13.8 Å². The van der Waals surface area contributed by atoms with Crippen molar-refractivity contribution in [3.63, 3.8) is 0 Å². The summed E-state index contributed by atoms with van der Waals surface area (Å²) in [6.07, 6.45) is -4.76. The highest BCUT2D eigenvalue weighted by Crippen LogP contribution is 2.32. The summed E-state index contributed by atoms with van der Waals surface area (Å²) in [7, 11) is -2.93. The van der Waals surface area contributed by atoms with Gasteiger partial charge in [0.15, 0.2) is 9.84 Å². The molecule has 0 N–H and O–H groups in total. The van der Waals surface area contributed by atoms with Crippen LogP contribution in [0, 0.1) is 0 Å². The zero-order chi connectivity index (χ0) is 15.7. The van der Waals surface area contributed by atoms with E-state index in [1.807, 2.05) is 0 Å². The Balaban J connectivity index is 3.59. The number of carbonyl (C=O) groups is 1. The fourth-order valence-electron chi connectivity index (χ4n) is 1.43. The van der Waals surface area contributed by atoms with Crippen molar-refractivity contribution in [2.24, 2.45) is 0 Å². The smallest absolute Gasteiger partial charge is 0.416 e. The van der Waals surface area contributed by atoms with Crippen LogP contribution in [0.15, 0.2) is 23.1 Å². The molecule has 0 atom stereocenters. The lowest BCUT2D eigenvalue weighted by Crippen LogP contribution is -2.17. The van der Waals surface area contributed by atoms with E-state index in [0.29, 0.717) is 12.1 Å². The summed E-state index contributed by atoms with van der Waals surface area (Å²) in [5.41, 5.74) is -1.67. The first-order valence-electron chi connectivity index (χ1n) is 5.54. The van der Waals surface area contributed by atoms with Crippen LogP contribution < -0.4 is 0 Å². The van der Waals surface area contributed by atoms with Gasteiger partial charge in [0.2, 0.25) is 0 Å². The van der Waals surface area contributed by atoms with Crippen molar-refractivity contribution in [1.82, 2.24) is 0 Å². The molecule has 1 rings (SSSR count). The minimum atomic E-state index is -4.76. The van der Waals surface area contributed by atoms with Gasteiger partial charge in [0.25, 0.3) is 0 Å². The Bertz CT molecular complexity index is 618. The summed E-state index contributed by atoms with van der Waals surface area (Å²) < 4.78 is 66.5. The second kappa shape index (κ2) is 5.43. The third-order valence-electron chi connectivity index (χ3n) is 2.60. The van der Waals surface area contributed by atoms with Gasteiger partial charge >= 0.3 is 12.1 Å². The molecule has 20 heavy (non-hydrogen) atoms. The number of benzene rings is 1. The predicted octanol–water partition coefficient (Wildman–Crippen LogP) is 2.67. The average molecular weight is 310 g/mol. The van der Waals surface area contributed by atoms with Crippen molar-refractivity contribution < 1.29 is 31.1 Å². The molecule has 8 heteroatoms. The molecule has 0 aliphatic heterocycles. The standard InChI is InChI=1S/C12H13F3O4S/c1-7(2)20(17,18)10-5-8(11(16)19-3)4-9(6-10)12(13,14)15/h4-7H,1-3H3. The second-order valence-corrected chi connectivity index (χ2v) is 6.83. The zero-order valence-electron chi connectivity index (χ0n) is 11.0. The lowest BCUT2D eigenvalue weighted by molar-refractivity contribution is -0.137. The molecular formula is C12H13F3O4S. The molecule has 1 aromatic carbocycles. The van der Waals surface area contributed by atoms with E-state index in [2.05, 4.69) is 4.74 Å². The van der Waals surface area contributed by atoms with Gasteiger partial charge in [0.1, 0.15) is 0 Å². The lowest BCUT2D eigenvalue weighted by atomic mass is 10.1. The van der Waals surface area contributed by atoms with Crippen LogP contribution in [0.25, 0.3) is 0 Å². The molecule has 0 bridgehead atoms. The van der Waals surface area contributed by atoms with Crippen LogP contribution in [0.3, 0.4) is 0 Å². The molecule has 0 saturated heterocycles. The summed E-state index contributed by atoms with van der Waals surface area (Å²) in [5, 5.41) is -0.906. The molecule has 0 spiro atoms. The first kappa shape index (κ1) is 16.5. The molecule has 0 heterocycles. The average Bonchev–Trinajstić information content (AvgIpc) is 2.35. The topological polar surface area (TPSA) is 60.4 Å². The molecule has 0 amide bonds. The highest BCUT2D eigenvalue weighted by molar-refractivity contribution is 7.92. The molecule has 0 unspecified atom stereocenters. The van der Waals surface area contributed by atoms with Crippen molar-refractivity contribution in [3.05, 3.63) is 29.3 Å². The first-order chi connectivity index (χ1) is 9.00. The Morgan fingerprint density at radius 2 is 1.75 bits per heavy atom. The van der Waals surface area contributed by atoms with Gasteiger partial charge in [-0.2, -0.15) is 13.2 Å². The number of alkyl halides is 3. The van der Waals surface area contributed by atoms with Crippen LogP contribution in [0.4, 0.5) is 13.2 Å². The van der Waals surface area contributed by atoms with E-state index in [0.717, 1.165) is 13.2 Å². The van der Waals surface area contributed by atoms with Crippen LogP contribution in [0.2, 0.25) is 0 Å². The Kier molecular flexibility index (Phi) is 4.48. The maximum atomic E-state index is 12.8.